The fraction of sp³-hybridized carbons (Fsp3) is 0.600. The summed E-state index contributed by atoms with van der Waals surface area (Å²) < 4.78 is 0. The summed E-state index contributed by atoms with van der Waals surface area (Å²) in [5, 5.41) is 0. The van der Waals surface area contributed by atoms with Gasteiger partial charge in [0.2, 0.25) is 0 Å². The first kappa shape index (κ1) is 5.00. The molecule has 0 aliphatic rings. The lowest BCUT2D eigenvalue weighted by molar-refractivity contribution is 0.737. The molecule has 0 heterocycles. The van der Waals surface area contributed by atoms with Crippen LogP contribution in [0, 0.1) is 19.8 Å². The van der Waals surface area contributed by atoms with Gasteiger partial charge in [0, 0.05) is 0 Å². The van der Waals surface area contributed by atoms with Gasteiger partial charge in [0.25, 0.3) is 0 Å². The van der Waals surface area contributed by atoms with Crippen molar-refractivity contribution >= 4 is 0 Å². The van der Waals surface area contributed by atoms with Crippen LogP contribution in [0.15, 0.2) is 0 Å². The summed E-state index contributed by atoms with van der Waals surface area (Å²) in [6.45, 7) is 10.7. The molecule has 0 amide bonds. The van der Waals surface area contributed by atoms with Crippen LogP contribution in [0.4, 0.5) is 0 Å². The zero-order valence-corrected chi connectivity index (χ0v) is 3.57. The standard InChI is InChI=1S/C5H9/c1-4-5(2)3/h2,5H,1,4H2,3H3. The van der Waals surface area contributed by atoms with Gasteiger partial charge in [-0.05, 0) is 12.8 Å². The van der Waals surface area contributed by atoms with Gasteiger partial charge in [-0.25, -0.2) is 0 Å². The predicted molar refractivity (Wildman–Crippen MR) is 23.4 cm³/mol. The Morgan fingerprint density at radius 1 is 2.00 bits per heavy atom. The van der Waals surface area contributed by atoms with Crippen molar-refractivity contribution in [2.75, 3.05) is 0 Å². The van der Waals surface area contributed by atoms with E-state index in [4.69, 9.17) is 6.92 Å². The van der Waals surface area contributed by atoms with Crippen molar-refractivity contribution in [2.45, 2.75) is 13.3 Å². The average molecular weight is 69.1 g/mol. The monoisotopic (exact) mass is 69.1 g/mol. The van der Waals surface area contributed by atoms with Crippen LogP contribution >= 0.6 is 0 Å². The molecule has 0 spiro atoms. The Bertz CT molecular complexity index is 14.0. The van der Waals surface area contributed by atoms with Gasteiger partial charge >= 0.3 is 0 Å². The molecule has 0 aromatic heterocycles. The van der Waals surface area contributed by atoms with Crippen LogP contribution < -0.4 is 0 Å². The summed E-state index contributed by atoms with van der Waals surface area (Å²) in [7, 11) is 0. The van der Waals surface area contributed by atoms with E-state index in [9.17, 15) is 0 Å². The third kappa shape index (κ3) is 4.00. The summed E-state index contributed by atoms with van der Waals surface area (Å²) in [4.78, 5) is 0. The van der Waals surface area contributed by atoms with Crippen molar-refractivity contribution in [3.05, 3.63) is 13.8 Å². The molecule has 0 saturated carbocycles. The van der Waals surface area contributed by atoms with Gasteiger partial charge in [-0.15, -0.1) is 0 Å². The van der Waals surface area contributed by atoms with Crippen LogP contribution in [0.2, 0.25) is 0 Å². The maximum atomic E-state index is 5.23. The van der Waals surface area contributed by atoms with Gasteiger partial charge in [-0.1, -0.05) is 20.3 Å². The smallest absolute Gasteiger partial charge is 0.0321 e. The molecule has 5 heavy (non-hydrogen) atoms. The zero-order valence-electron chi connectivity index (χ0n) is 3.57. The fourth-order valence-corrected chi connectivity index (χ4v) is 0. The van der Waals surface area contributed by atoms with E-state index in [2.05, 4.69) is 6.92 Å². The highest BCUT2D eigenvalue weighted by molar-refractivity contribution is 4.52. The van der Waals surface area contributed by atoms with E-state index in [1.54, 1.807) is 0 Å². The minimum Gasteiger partial charge on any atom is -0.0622 e. The molecule has 3 radical (unpaired) electrons. The Labute approximate surface area is 34.2 Å². The first-order valence-corrected chi connectivity index (χ1v) is 1.82. The minimum absolute atomic E-state index is 0.273. The fourth-order valence-electron chi connectivity index (χ4n) is 0. The van der Waals surface area contributed by atoms with Gasteiger partial charge in [0.1, 0.15) is 0 Å². The second kappa shape index (κ2) is 2.25. The first-order valence-electron chi connectivity index (χ1n) is 1.82. The molecule has 0 aromatic carbocycles. The van der Waals surface area contributed by atoms with Crippen LogP contribution in [0.3, 0.4) is 0 Å². The Kier molecular flexibility index (Phi) is 2.25. The quantitative estimate of drug-likeness (QED) is 0.438. The molecule has 0 aliphatic heterocycles. The van der Waals surface area contributed by atoms with Crippen molar-refractivity contribution in [2.24, 2.45) is 5.92 Å². The second-order valence-corrected chi connectivity index (χ2v) is 1.27. The molecular formula is C5H9. The van der Waals surface area contributed by atoms with E-state index in [0.29, 0.717) is 0 Å². The molecule has 0 saturated heterocycles. The van der Waals surface area contributed by atoms with Crippen molar-refractivity contribution in [1.82, 2.24) is 0 Å². The van der Waals surface area contributed by atoms with Crippen LogP contribution in [0.25, 0.3) is 0 Å². The maximum absolute atomic E-state index is 5.23. The Balaban J connectivity index is 2.54. The molecule has 0 heteroatoms. The summed E-state index contributed by atoms with van der Waals surface area (Å²) >= 11 is 0. The summed E-state index contributed by atoms with van der Waals surface area (Å²) in [5.41, 5.74) is 0. The van der Waals surface area contributed by atoms with Gasteiger partial charge in [-0.2, -0.15) is 0 Å². The van der Waals surface area contributed by atoms with Crippen molar-refractivity contribution < 1.29 is 0 Å². The van der Waals surface area contributed by atoms with Gasteiger partial charge in [-0.3, -0.25) is 0 Å². The predicted octanol–water partition coefficient (Wildman–Crippen LogP) is 1.56. The molecule has 0 bridgehead atoms. The normalized spacial score (nSPS) is 9.60. The number of rotatable bonds is 1. The molecule has 0 aromatic rings. The van der Waals surface area contributed by atoms with E-state index in [0.717, 1.165) is 6.42 Å². The van der Waals surface area contributed by atoms with Crippen molar-refractivity contribution in [1.29, 1.82) is 0 Å². The molecule has 29 valence electrons. The van der Waals surface area contributed by atoms with Crippen LogP contribution in [-0.4, -0.2) is 0 Å². The van der Waals surface area contributed by atoms with E-state index >= 15 is 0 Å². The van der Waals surface area contributed by atoms with E-state index in [1.807, 2.05) is 6.92 Å². The van der Waals surface area contributed by atoms with Gasteiger partial charge in [0.05, 0.1) is 0 Å². The molecule has 1 atom stereocenters. The van der Waals surface area contributed by atoms with Crippen molar-refractivity contribution in [3.8, 4) is 0 Å². The number of hydrogen-bond acceptors (Lipinski definition) is 0. The largest absolute Gasteiger partial charge is 0.0622 e. The highest BCUT2D eigenvalue weighted by Crippen LogP contribution is 1.92. The average Bonchev–Trinajstić information content (AvgIpc) is 1.38. The lowest BCUT2D eigenvalue weighted by Gasteiger charge is -1.89. The minimum atomic E-state index is 0.273. The number of hydrogen-bond donors (Lipinski definition) is 0. The van der Waals surface area contributed by atoms with E-state index in [-0.39, 0.29) is 5.92 Å². The van der Waals surface area contributed by atoms with Crippen LogP contribution in [-0.2, 0) is 0 Å². The molecule has 0 fully saturated rings. The molecule has 0 N–H and O–H groups in total. The molecular weight excluding hydrogens is 60.1 g/mol. The topological polar surface area (TPSA) is 0 Å². The van der Waals surface area contributed by atoms with Gasteiger partial charge < -0.3 is 0 Å². The second-order valence-electron chi connectivity index (χ2n) is 1.27. The summed E-state index contributed by atoms with van der Waals surface area (Å²) in [5.74, 6) is 0.273. The molecule has 0 nitrogen and oxygen atoms in total. The van der Waals surface area contributed by atoms with E-state index in [1.165, 1.54) is 0 Å². The summed E-state index contributed by atoms with van der Waals surface area (Å²) in [6, 6.07) is 0. The lowest BCUT2D eigenvalue weighted by Crippen LogP contribution is -1.78. The molecule has 1 unspecified atom stereocenters. The Morgan fingerprint density at radius 2 is 2.20 bits per heavy atom. The molecule has 0 rings (SSSR count). The zero-order chi connectivity index (χ0) is 4.28. The third-order valence-electron chi connectivity index (χ3n) is 0.455. The van der Waals surface area contributed by atoms with Crippen LogP contribution in [0.1, 0.15) is 13.3 Å². The SMILES string of the molecule is [CH]C(C)C[CH2]. The van der Waals surface area contributed by atoms with Crippen molar-refractivity contribution in [3.63, 3.8) is 0 Å². The third-order valence-corrected chi connectivity index (χ3v) is 0.455. The Morgan fingerprint density at radius 3 is 2.20 bits per heavy atom. The van der Waals surface area contributed by atoms with Gasteiger partial charge in [0.15, 0.2) is 0 Å². The summed E-state index contributed by atoms with van der Waals surface area (Å²) in [6.07, 6.45) is 0.833. The highest BCUT2D eigenvalue weighted by atomic mass is 13.9. The Hall–Kier alpha value is 0. The first-order chi connectivity index (χ1) is 2.27. The molecule has 0 aliphatic carbocycles. The maximum Gasteiger partial charge on any atom is -0.0321 e. The highest BCUT2D eigenvalue weighted by Gasteiger charge is 1.80. The van der Waals surface area contributed by atoms with Crippen LogP contribution in [0.5, 0.6) is 0 Å². The lowest BCUT2D eigenvalue weighted by atomic mass is 10.2. The van der Waals surface area contributed by atoms with E-state index < -0.39 is 0 Å².